The Morgan fingerprint density at radius 2 is 2.16 bits per heavy atom. The van der Waals surface area contributed by atoms with E-state index in [9.17, 15) is 9.59 Å². The molecule has 19 heavy (non-hydrogen) atoms. The zero-order valence-electron chi connectivity index (χ0n) is 11.1. The van der Waals surface area contributed by atoms with Crippen molar-refractivity contribution in [3.63, 3.8) is 0 Å². The molecule has 0 atom stereocenters. The third-order valence-corrected chi connectivity index (χ3v) is 3.38. The van der Waals surface area contributed by atoms with Crippen molar-refractivity contribution >= 4 is 23.6 Å². The molecular weight excluding hydrogens is 264 g/mol. The van der Waals surface area contributed by atoms with Crippen molar-refractivity contribution in [2.24, 2.45) is 0 Å². The minimum Gasteiger partial charge on any atom is -0.480 e. The fourth-order valence-corrected chi connectivity index (χ4v) is 2.24. The maximum Gasteiger partial charge on any atom is 0.323 e. The van der Waals surface area contributed by atoms with E-state index in [4.69, 9.17) is 5.11 Å². The summed E-state index contributed by atoms with van der Waals surface area (Å²) < 4.78 is 1.44. The second-order valence-corrected chi connectivity index (χ2v) is 5.21. The Labute approximate surface area is 117 Å². The first-order chi connectivity index (χ1) is 9.15. The molecule has 0 aliphatic rings. The second kappa shape index (κ2) is 8.63. The van der Waals surface area contributed by atoms with Crippen LogP contribution in [0.25, 0.3) is 0 Å². The lowest BCUT2D eigenvalue weighted by Gasteiger charge is -2.07. The van der Waals surface area contributed by atoms with Gasteiger partial charge in [0.25, 0.3) is 5.91 Å². The SMILES string of the molecule is CSCCCCCNC(=O)c1cccn1CC(=O)O. The van der Waals surface area contributed by atoms with Crippen LogP contribution in [0.3, 0.4) is 0 Å². The fourth-order valence-electron chi connectivity index (χ4n) is 1.74. The van der Waals surface area contributed by atoms with Crippen molar-refractivity contribution in [1.82, 2.24) is 9.88 Å². The normalized spacial score (nSPS) is 10.4. The number of carboxylic acids is 1. The standard InChI is InChI=1S/C13H20N2O3S/c1-19-9-4-2-3-7-14-13(18)11-6-5-8-15(11)10-12(16)17/h5-6,8H,2-4,7,9-10H2,1H3,(H,14,18)(H,16,17). The van der Waals surface area contributed by atoms with E-state index in [0.29, 0.717) is 12.2 Å². The lowest BCUT2D eigenvalue weighted by molar-refractivity contribution is -0.137. The number of aromatic nitrogens is 1. The fraction of sp³-hybridized carbons (Fsp3) is 0.538. The summed E-state index contributed by atoms with van der Waals surface area (Å²) in [7, 11) is 0. The Bertz CT molecular complexity index is 418. The molecule has 0 radical (unpaired) electrons. The number of rotatable bonds is 9. The van der Waals surface area contributed by atoms with Crippen LogP contribution in [0.2, 0.25) is 0 Å². The smallest absolute Gasteiger partial charge is 0.323 e. The number of carbonyl (C=O) groups is 2. The highest BCUT2D eigenvalue weighted by molar-refractivity contribution is 7.98. The number of carboxylic acid groups (broad SMARTS) is 1. The molecular formula is C13H20N2O3S. The molecule has 2 N–H and O–H groups in total. The van der Waals surface area contributed by atoms with Crippen LogP contribution in [0.15, 0.2) is 18.3 Å². The van der Waals surface area contributed by atoms with Crippen LogP contribution in [0.4, 0.5) is 0 Å². The largest absolute Gasteiger partial charge is 0.480 e. The minimum absolute atomic E-state index is 0.191. The number of thioether (sulfide) groups is 1. The number of amides is 1. The number of aliphatic carboxylic acids is 1. The van der Waals surface area contributed by atoms with Crippen LogP contribution in [-0.4, -0.2) is 40.1 Å². The Balaban J connectivity index is 2.33. The van der Waals surface area contributed by atoms with Crippen molar-refractivity contribution in [1.29, 1.82) is 0 Å². The third kappa shape index (κ3) is 5.83. The molecule has 0 aliphatic carbocycles. The van der Waals surface area contributed by atoms with Crippen LogP contribution >= 0.6 is 11.8 Å². The van der Waals surface area contributed by atoms with Gasteiger partial charge in [0.2, 0.25) is 0 Å². The van der Waals surface area contributed by atoms with Gasteiger partial charge in [0.1, 0.15) is 12.2 Å². The van der Waals surface area contributed by atoms with Gasteiger partial charge in [-0.25, -0.2) is 0 Å². The molecule has 0 unspecified atom stereocenters. The Morgan fingerprint density at radius 3 is 2.84 bits per heavy atom. The third-order valence-electron chi connectivity index (χ3n) is 2.68. The monoisotopic (exact) mass is 284 g/mol. The Hall–Kier alpha value is -1.43. The maximum absolute atomic E-state index is 11.9. The van der Waals surface area contributed by atoms with Crippen molar-refractivity contribution in [3.05, 3.63) is 24.0 Å². The quantitative estimate of drug-likeness (QED) is 0.679. The van der Waals surface area contributed by atoms with E-state index in [2.05, 4.69) is 11.6 Å². The minimum atomic E-state index is -0.956. The topological polar surface area (TPSA) is 71.3 Å². The van der Waals surface area contributed by atoms with Gasteiger partial charge >= 0.3 is 5.97 Å². The number of unbranched alkanes of at least 4 members (excludes halogenated alkanes) is 2. The lowest BCUT2D eigenvalue weighted by Crippen LogP contribution is -2.27. The summed E-state index contributed by atoms with van der Waals surface area (Å²) in [6, 6.07) is 3.31. The van der Waals surface area contributed by atoms with E-state index in [0.717, 1.165) is 25.0 Å². The molecule has 5 nitrogen and oxygen atoms in total. The highest BCUT2D eigenvalue weighted by Gasteiger charge is 2.11. The van der Waals surface area contributed by atoms with Crippen LogP contribution in [0.5, 0.6) is 0 Å². The molecule has 0 bridgehead atoms. The molecule has 0 saturated heterocycles. The Morgan fingerprint density at radius 1 is 1.37 bits per heavy atom. The van der Waals surface area contributed by atoms with E-state index < -0.39 is 5.97 Å². The molecule has 0 fully saturated rings. The summed E-state index contributed by atoms with van der Waals surface area (Å²) in [6.07, 6.45) is 6.88. The first kappa shape index (κ1) is 15.6. The molecule has 1 rings (SSSR count). The summed E-state index contributed by atoms with van der Waals surface area (Å²) >= 11 is 1.83. The number of nitrogens with zero attached hydrogens (tertiary/aromatic N) is 1. The predicted molar refractivity (Wildman–Crippen MR) is 76.6 cm³/mol. The molecule has 1 amide bonds. The van der Waals surface area contributed by atoms with Crippen molar-refractivity contribution < 1.29 is 14.7 Å². The molecule has 0 spiro atoms. The first-order valence-electron chi connectivity index (χ1n) is 6.29. The average Bonchev–Trinajstić information content (AvgIpc) is 2.80. The molecule has 1 aromatic heterocycles. The van der Waals surface area contributed by atoms with Gasteiger partial charge in [-0.15, -0.1) is 0 Å². The van der Waals surface area contributed by atoms with E-state index in [-0.39, 0.29) is 12.5 Å². The van der Waals surface area contributed by atoms with E-state index >= 15 is 0 Å². The highest BCUT2D eigenvalue weighted by Crippen LogP contribution is 2.04. The van der Waals surface area contributed by atoms with Gasteiger partial charge in [-0.1, -0.05) is 6.42 Å². The second-order valence-electron chi connectivity index (χ2n) is 4.22. The van der Waals surface area contributed by atoms with Gasteiger partial charge in [-0.3, -0.25) is 9.59 Å². The van der Waals surface area contributed by atoms with E-state index in [1.54, 1.807) is 18.3 Å². The first-order valence-corrected chi connectivity index (χ1v) is 7.68. The summed E-state index contributed by atoms with van der Waals surface area (Å²) in [5, 5.41) is 11.5. The van der Waals surface area contributed by atoms with Gasteiger partial charge in [0.05, 0.1) is 0 Å². The van der Waals surface area contributed by atoms with E-state index in [1.807, 2.05) is 11.8 Å². The molecule has 0 saturated carbocycles. The van der Waals surface area contributed by atoms with Crippen molar-refractivity contribution in [3.8, 4) is 0 Å². The van der Waals surface area contributed by atoms with Crippen LogP contribution in [-0.2, 0) is 11.3 Å². The Kier molecular flexibility index (Phi) is 7.10. The van der Waals surface area contributed by atoms with Gasteiger partial charge in [0, 0.05) is 12.7 Å². The average molecular weight is 284 g/mol. The number of hydrogen-bond acceptors (Lipinski definition) is 3. The molecule has 0 aromatic carbocycles. The number of nitrogens with one attached hydrogen (secondary N) is 1. The zero-order chi connectivity index (χ0) is 14.1. The lowest BCUT2D eigenvalue weighted by atomic mass is 10.2. The highest BCUT2D eigenvalue weighted by atomic mass is 32.2. The van der Waals surface area contributed by atoms with Crippen molar-refractivity contribution in [2.75, 3.05) is 18.6 Å². The van der Waals surface area contributed by atoms with Gasteiger partial charge in [-0.05, 0) is 37.0 Å². The summed E-state index contributed by atoms with van der Waals surface area (Å²) in [5.41, 5.74) is 0.395. The molecule has 1 heterocycles. The summed E-state index contributed by atoms with van der Waals surface area (Å²) in [6.45, 7) is 0.439. The number of carbonyl (C=O) groups excluding carboxylic acids is 1. The molecule has 6 heteroatoms. The molecule has 0 aliphatic heterocycles. The summed E-state index contributed by atoms with van der Waals surface area (Å²) in [4.78, 5) is 22.5. The van der Waals surface area contributed by atoms with Crippen LogP contribution in [0, 0.1) is 0 Å². The molecule has 106 valence electrons. The van der Waals surface area contributed by atoms with E-state index in [1.165, 1.54) is 4.57 Å². The zero-order valence-corrected chi connectivity index (χ0v) is 11.9. The van der Waals surface area contributed by atoms with Gasteiger partial charge in [-0.2, -0.15) is 11.8 Å². The number of hydrogen-bond donors (Lipinski definition) is 2. The maximum atomic E-state index is 11.9. The summed E-state index contributed by atoms with van der Waals surface area (Å²) in [5.74, 6) is -0.0199. The predicted octanol–water partition coefficient (Wildman–Crippen LogP) is 1.84. The molecule has 1 aromatic rings. The van der Waals surface area contributed by atoms with Gasteiger partial charge < -0.3 is 15.0 Å². The van der Waals surface area contributed by atoms with Crippen molar-refractivity contribution in [2.45, 2.75) is 25.8 Å². The van der Waals surface area contributed by atoms with Crippen LogP contribution < -0.4 is 5.32 Å². The van der Waals surface area contributed by atoms with Crippen LogP contribution in [0.1, 0.15) is 29.8 Å². The van der Waals surface area contributed by atoms with Gasteiger partial charge in [0.15, 0.2) is 0 Å².